The number of hydrogen-bond acceptors (Lipinski definition) is 3. The van der Waals surface area contributed by atoms with E-state index in [1.807, 2.05) is 18.0 Å². The number of likely N-dealkylation sites (N-methyl/N-ethyl adjacent to an activating group) is 1. The first kappa shape index (κ1) is 14.0. The van der Waals surface area contributed by atoms with Gasteiger partial charge in [-0.1, -0.05) is 6.07 Å². The molecule has 1 unspecified atom stereocenters. The van der Waals surface area contributed by atoms with Crippen molar-refractivity contribution in [2.75, 3.05) is 31.6 Å². The van der Waals surface area contributed by atoms with Crippen molar-refractivity contribution in [3.05, 3.63) is 29.3 Å². The predicted molar refractivity (Wildman–Crippen MR) is 78.4 cm³/mol. The van der Waals surface area contributed by atoms with Crippen molar-refractivity contribution >= 4 is 11.6 Å². The van der Waals surface area contributed by atoms with Gasteiger partial charge >= 0.3 is 0 Å². The molecule has 2 rings (SSSR count). The largest absolute Gasteiger partial charge is 0.328 e. The number of amides is 1. The Balaban J connectivity index is 2.31. The molecule has 0 aliphatic carbocycles. The average molecular weight is 261 g/mol. The summed E-state index contributed by atoms with van der Waals surface area (Å²) in [7, 11) is 1.97. The molecule has 19 heavy (non-hydrogen) atoms. The maximum atomic E-state index is 12.6. The van der Waals surface area contributed by atoms with Gasteiger partial charge in [0.2, 0.25) is 5.91 Å². The van der Waals surface area contributed by atoms with E-state index in [1.165, 1.54) is 11.1 Å². The third-order valence-corrected chi connectivity index (χ3v) is 4.00. The van der Waals surface area contributed by atoms with Crippen LogP contribution in [0.15, 0.2) is 18.2 Å². The van der Waals surface area contributed by atoms with Crippen molar-refractivity contribution in [3.63, 3.8) is 0 Å². The molecule has 0 bridgehead atoms. The van der Waals surface area contributed by atoms with Gasteiger partial charge in [-0.2, -0.15) is 0 Å². The Morgan fingerprint density at radius 2 is 2.00 bits per heavy atom. The highest BCUT2D eigenvalue weighted by atomic mass is 16.2. The summed E-state index contributed by atoms with van der Waals surface area (Å²) in [6.45, 7) is 6.21. The van der Waals surface area contributed by atoms with Gasteiger partial charge in [-0.15, -0.1) is 0 Å². The van der Waals surface area contributed by atoms with Gasteiger partial charge in [0.25, 0.3) is 0 Å². The summed E-state index contributed by atoms with van der Waals surface area (Å²) in [6.07, 6.45) is 0.978. The smallest absolute Gasteiger partial charge is 0.245 e. The van der Waals surface area contributed by atoms with E-state index < -0.39 is 0 Å². The standard InChI is InChI=1S/C15H23N3O/c1-11-5-6-13(9-12(11)2)18-8-4-7-17(3)14(10-16)15(18)19/h5-6,9,14H,4,7-8,10,16H2,1-3H3. The van der Waals surface area contributed by atoms with E-state index in [4.69, 9.17) is 5.73 Å². The Labute approximate surface area is 115 Å². The first-order chi connectivity index (χ1) is 9.04. The molecule has 0 saturated carbocycles. The number of anilines is 1. The highest BCUT2D eigenvalue weighted by Gasteiger charge is 2.30. The van der Waals surface area contributed by atoms with Crippen molar-refractivity contribution in [2.24, 2.45) is 5.73 Å². The summed E-state index contributed by atoms with van der Waals surface area (Å²) in [5, 5.41) is 0. The zero-order chi connectivity index (χ0) is 14.0. The normalized spacial score (nSPS) is 21.6. The van der Waals surface area contributed by atoms with E-state index in [1.54, 1.807) is 0 Å². The maximum Gasteiger partial charge on any atom is 0.245 e. The second-order valence-electron chi connectivity index (χ2n) is 5.34. The van der Waals surface area contributed by atoms with Crippen molar-refractivity contribution in [1.82, 2.24) is 4.90 Å². The minimum atomic E-state index is -0.205. The number of benzene rings is 1. The van der Waals surface area contributed by atoms with Crippen LogP contribution in [-0.4, -0.2) is 43.5 Å². The van der Waals surface area contributed by atoms with E-state index >= 15 is 0 Å². The Morgan fingerprint density at radius 1 is 1.26 bits per heavy atom. The zero-order valence-corrected chi connectivity index (χ0v) is 12.0. The molecule has 2 N–H and O–H groups in total. The third-order valence-electron chi connectivity index (χ3n) is 4.00. The molecule has 0 spiro atoms. The van der Waals surface area contributed by atoms with Gasteiger partial charge in [-0.25, -0.2) is 0 Å². The molecule has 1 fully saturated rings. The lowest BCUT2D eigenvalue weighted by atomic mass is 10.1. The van der Waals surface area contributed by atoms with Crippen LogP contribution in [-0.2, 0) is 4.79 Å². The number of rotatable bonds is 2. The van der Waals surface area contributed by atoms with Gasteiger partial charge in [0.05, 0.1) is 0 Å². The molecule has 1 atom stereocenters. The molecule has 1 amide bonds. The quantitative estimate of drug-likeness (QED) is 0.873. The van der Waals surface area contributed by atoms with Gasteiger partial charge in [-0.3, -0.25) is 9.69 Å². The minimum Gasteiger partial charge on any atom is -0.328 e. The molecule has 1 aromatic rings. The highest BCUT2D eigenvalue weighted by molar-refractivity contribution is 5.97. The van der Waals surface area contributed by atoms with Gasteiger partial charge in [-0.05, 0) is 50.6 Å². The van der Waals surface area contributed by atoms with Crippen LogP contribution < -0.4 is 10.6 Å². The first-order valence-corrected chi connectivity index (χ1v) is 6.83. The van der Waals surface area contributed by atoms with Crippen LogP contribution in [0.4, 0.5) is 5.69 Å². The Morgan fingerprint density at radius 3 is 2.63 bits per heavy atom. The molecular weight excluding hydrogens is 238 g/mol. The fraction of sp³-hybridized carbons (Fsp3) is 0.533. The summed E-state index contributed by atoms with van der Waals surface area (Å²) < 4.78 is 0. The fourth-order valence-electron chi connectivity index (χ4n) is 2.54. The number of nitrogens with zero attached hydrogens (tertiary/aromatic N) is 2. The summed E-state index contributed by atoms with van der Waals surface area (Å²) in [5.41, 5.74) is 9.21. The van der Waals surface area contributed by atoms with E-state index in [-0.39, 0.29) is 11.9 Å². The number of nitrogens with two attached hydrogens (primary N) is 1. The van der Waals surface area contributed by atoms with E-state index in [9.17, 15) is 4.79 Å². The lowest BCUT2D eigenvalue weighted by Gasteiger charge is -2.27. The molecule has 1 aromatic carbocycles. The van der Waals surface area contributed by atoms with Crippen LogP contribution in [0, 0.1) is 13.8 Å². The number of aryl methyl sites for hydroxylation is 2. The predicted octanol–water partition coefficient (Wildman–Crippen LogP) is 1.30. The molecule has 1 aliphatic rings. The second kappa shape index (κ2) is 5.72. The molecule has 4 nitrogen and oxygen atoms in total. The van der Waals surface area contributed by atoms with Crippen molar-refractivity contribution in [3.8, 4) is 0 Å². The summed E-state index contributed by atoms with van der Waals surface area (Å²) in [6, 6.07) is 5.99. The number of carbonyl (C=O) groups excluding carboxylic acids is 1. The highest BCUT2D eigenvalue weighted by Crippen LogP contribution is 2.22. The number of hydrogen-bond donors (Lipinski definition) is 1. The Hall–Kier alpha value is -1.39. The van der Waals surface area contributed by atoms with Crippen molar-refractivity contribution in [1.29, 1.82) is 0 Å². The zero-order valence-electron chi connectivity index (χ0n) is 12.0. The van der Waals surface area contributed by atoms with Gasteiger partial charge in [0.15, 0.2) is 0 Å². The van der Waals surface area contributed by atoms with Crippen molar-refractivity contribution < 1.29 is 4.79 Å². The van der Waals surface area contributed by atoms with Crippen LogP contribution in [0.25, 0.3) is 0 Å². The minimum absolute atomic E-state index is 0.116. The monoisotopic (exact) mass is 261 g/mol. The Kier molecular flexibility index (Phi) is 4.22. The van der Waals surface area contributed by atoms with E-state index in [0.717, 1.165) is 25.2 Å². The molecule has 104 valence electrons. The van der Waals surface area contributed by atoms with Crippen molar-refractivity contribution in [2.45, 2.75) is 26.3 Å². The van der Waals surface area contributed by atoms with E-state index in [2.05, 4.69) is 30.9 Å². The first-order valence-electron chi connectivity index (χ1n) is 6.83. The Bertz CT molecular complexity index is 472. The lowest BCUT2D eigenvalue weighted by Crippen LogP contribution is -2.48. The topological polar surface area (TPSA) is 49.6 Å². The SMILES string of the molecule is Cc1ccc(N2CCCN(C)C(CN)C2=O)cc1C. The summed E-state index contributed by atoms with van der Waals surface area (Å²) in [4.78, 5) is 16.5. The van der Waals surface area contributed by atoms with Crippen LogP contribution in [0.5, 0.6) is 0 Å². The van der Waals surface area contributed by atoms with E-state index in [0.29, 0.717) is 6.54 Å². The molecular formula is C15H23N3O. The molecule has 1 saturated heterocycles. The van der Waals surface area contributed by atoms with Crippen LogP contribution in [0.1, 0.15) is 17.5 Å². The molecule has 1 heterocycles. The molecule has 4 heteroatoms. The van der Waals surface area contributed by atoms with Crippen LogP contribution in [0.2, 0.25) is 0 Å². The van der Waals surface area contributed by atoms with Crippen LogP contribution in [0.3, 0.4) is 0 Å². The average Bonchev–Trinajstić information content (AvgIpc) is 2.52. The molecule has 0 radical (unpaired) electrons. The van der Waals surface area contributed by atoms with Gasteiger partial charge < -0.3 is 10.6 Å². The lowest BCUT2D eigenvalue weighted by molar-refractivity contribution is -0.122. The summed E-state index contributed by atoms with van der Waals surface area (Å²) in [5.74, 6) is 0.116. The van der Waals surface area contributed by atoms with Gasteiger partial charge in [0, 0.05) is 25.3 Å². The summed E-state index contributed by atoms with van der Waals surface area (Å²) >= 11 is 0. The molecule has 1 aliphatic heterocycles. The fourth-order valence-corrected chi connectivity index (χ4v) is 2.54. The maximum absolute atomic E-state index is 12.6. The van der Waals surface area contributed by atoms with Crippen LogP contribution >= 0.6 is 0 Å². The number of carbonyl (C=O) groups is 1. The third kappa shape index (κ3) is 2.80. The molecule has 0 aromatic heterocycles. The van der Waals surface area contributed by atoms with Gasteiger partial charge in [0.1, 0.15) is 6.04 Å². The second-order valence-corrected chi connectivity index (χ2v) is 5.34.